The average Bonchev–Trinajstić information content (AvgIpc) is 3.14. The Morgan fingerprint density at radius 1 is 1.31 bits per heavy atom. The maximum absolute atomic E-state index is 12.3. The van der Waals surface area contributed by atoms with Gasteiger partial charge in [0.1, 0.15) is 6.10 Å². The number of aromatic nitrogens is 1. The Morgan fingerprint density at radius 3 is 2.73 bits per heavy atom. The third-order valence-electron chi connectivity index (χ3n) is 4.25. The molecule has 0 aliphatic heterocycles. The van der Waals surface area contributed by atoms with Crippen molar-refractivity contribution in [2.24, 2.45) is 0 Å². The number of nitro groups is 1. The van der Waals surface area contributed by atoms with Crippen LogP contribution in [0.3, 0.4) is 0 Å². The van der Waals surface area contributed by atoms with Crippen LogP contribution >= 0.6 is 22.6 Å². The predicted molar refractivity (Wildman–Crippen MR) is 104 cm³/mol. The van der Waals surface area contributed by atoms with Crippen LogP contribution in [-0.2, 0) is 6.54 Å². The lowest BCUT2D eigenvalue weighted by Gasteiger charge is -2.12. The molecule has 0 spiro atoms. The van der Waals surface area contributed by atoms with Crippen LogP contribution in [0.15, 0.2) is 36.5 Å². The van der Waals surface area contributed by atoms with Crippen molar-refractivity contribution in [3.63, 3.8) is 0 Å². The van der Waals surface area contributed by atoms with Crippen molar-refractivity contribution >= 4 is 34.2 Å². The first kappa shape index (κ1) is 18.6. The Morgan fingerprint density at radius 2 is 2.08 bits per heavy atom. The lowest BCUT2D eigenvalue weighted by atomic mass is 10.2. The SMILES string of the molecule is O=C(NCc1ccc(OC2CCCC2)nc1)c1cc([N+](=O)[O-])ccc1I. The number of hydrogen-bond acceptors (Lipinski definition) is 5. The van der Waals surface area contributed by atoms with Crippen LogP contribution in [0.4, 0.5) is 5.69 Å². The molecule has 2 aromatic rings. The predicted octanol–water partition coefficient (Wildman–Crippen LogP) is 3.85. The second kappa shape index (κ2) is 8.43. The van der Waals surface area contributed by atoms with E-state index in [2.05, 4.69) is 10.3 Å². The number of nitro benzene ring substituents is 1. The first-order valence-electron chi connectivity index (χ1n) is 8.36. The topological polar surface area (TPSA) is 94.4 Å². The van der Waals surface area contributed by atoms with Crippen LogP contribution < -0.4 is 10.1 Å². The van der Waals surface area contributed by atoms with Crippen LogP contribution in [0.2, 0.25) is 0 Å². The number of carbonyl (C=O) groups excluding carboxylic acids is 1. The van der Waals surface area contributed by atoms with Gasteiger partial charge in [0.25, 0.3) is 11.6 Å². The summed E-state index contributed by atoms with van der Waals surface area (Å²) >= 11 is 1.99. The largest absolute Gasteiger partial charge is 0.474 e. The van der Waals surface area contributed by atoms with Gasteiger partial charge in [-0.05, 0) is 59.9 Å². The molecule has 7 nitrogen and oxygen atoms in total. The second-order valence-corrected chi connectivity index (χ2v) is 7.30. The van der Waals surface area contributed by atoms with Crippen molar-refractivity contribution in [2.75, 3.05) is 0 Å². The summed E-state index contributed by atoms with van der Waals surface area (Å²) < 4.78 is 6.47. The van der Waals surface area contributed by atoms with E-state index >= 15 is 0 Å². The van der Waals surface area contributed by atoms with Crippen molar-refractivity contribution in [3.05, 3.63) is 61.3 Å². The van der Waals surface area contributed by atoms with Crippen molar-refractivity contribution in [2.45, 2.75) is 38.3 Å². The number of pyridine rings is 1. The number of benzene rings is 1. The van der Waals surface area contributed by atoms with Gasteiger partial charge in [-0.3, -0.25) is 14.9 Å². The Kier molecular flexibility index (Phi) is 6.02. The Hall–Kier alpha value is -2.23. The molecule has 1 fully saturated rings. The van der Waals surface area contributed by atoms with Gasteiger partial charge < -0.3 is 10.1 Å². The minimum Gasteiger partial charge on any atom is -0.474 e. The maximum atomic E-state index is 12.3. The lowest BCUT2D eigenvalue weighted by Crippen LogP contribution is -2.24. The molecule has 3 rings (SSSR count). The molecule has 136 valence electrons. The van der Waals surface area contributed by atoms with Gasteiger partial charge in [-0.25, -0.2) is 4.98 Å². The summed E-state index contributed by atoms with van der Waals surface area (Å²) in [6.07, 6.45) is 6.46. The Labute approximate surface area is 164 Å². The highest BCUT2D eigenvalue weighted by molar-refractivity contribution is 14.1. The van der Waals surface area contributed by atoms with Gasteiger partial charge in [-0.2, -0.15) is 0 Å². The number of non-ortho nitro benzene ring substituents is 1. The highest BCUT2D eigenvalue weighted by atomic mass is 127. The summed E-state index contributed by atoms with van der Waals surface area (Å²) in [4.78, 5) is 27.0. The zero-order valence-electron chi connectivity index (χ0n) is 14.0. The fourth-order valence-electron chi connectivity index (χ4n) is 2.84. The number of ether oxygens (including phenoxy) is 1. The fourth-order valence-corrected chi connectivity index (χ4v) is 3.42. The first-order valence-corrected chi connectivity index (χ1v) is 9.44. The highest BCUT2D eigenvalue weighted by Gasteiger charge is 2.17. The van der Waals surface area contributed by atoms with E-state index in [0.29, 0.717) is 9.45 Å². The molecule has 1 aliphatic carbocycles. The van der Waals surface area contributed by atoms with Crippen LogP contribution in [0.1, 0.15) is 41.6 Å². The summed E-state index contributed by atoms with van der Waals surface area (Å²) in [6.45, 7) is 0.286. The van der Waals surface area contributed by atoms with E-state index in [4.69, 9.17) is 4.74 Å². The molecule has 0 unspecified atom stereocenters. The molecule has 26 heavy (non-hydrogen) atoms. The van der Waals surface area contributed by atoms with Gasteiger partial charge >= 0.3 is 0 Å². The number of nitrogens with zero attached hydrogens (tertiary/aromatic N) is 2. The summed E-state index contributed by atoms with van der Waals surface area (Å²) in [7, 11) is 0. The van der Waals surface area contributed by atoms with Gasteiger partial charge in [0.2, 0.25) is 5.88 Å². The summed E-state index contributed by atoms with van der Waals surface area (Å²) in [5, 5.41) is 13.6. The molecule has 8 heteroatoms. The minimum absolute atomic E-state index is 0.106. The molecular formula is C18H18IN3O4. The molecule has 0 saturated heterocycles. The number of halogens is 1. The van der Waals surface area contributed by atoms with Crippen LogP contribution in [-0.4, -0.2) is 21.9 Å². The van der Waals surface area contributed by atoms with Crippen molar-refractivity contribution in [1.82, 2.24) is 10.3 Å². The van der Waals surface area contributed by atoms with Gasteiger partial charge in [-0.1, -0.05) is 6.07 Å². The number of rotatable bonds is 6. The van der Waals surface area contributed by atoms with E-state index < -0.39 is 4.92 Å². The van der Waals surface area contributed by atoms with E-state index in [1.807, 2.05) is 28.7 Å². The number of hydrogen-bond donors (Lipinski definition) is 1. The van der Waals surface area contributed by atoms with E-state index in [9.17, 15) is 14.9 Å². The fraction of sp³-hybridized carbons (Fsp3) is 0.333. The Balaban J connectivity index is 1.59. The van der Waals surface area contributed by atoms with Gasteiger partial charge in [0.15, 0.2) is 0 Å². The standard InChI is InChI=1S/C18H18IN3O4/c19-16-7-6-13(22(24)25)9-15(16)18(23)21-11-12-5-8-17(20-10-12)26-14-3-1-2-4-14/h5-10,14H,1-4,11H2,(H,21,23). The maximum Gasteiger partial charge on any atom is 0.270 e. The molecule has 0 atom stereocenters. The molecule has 1 aromatic carbocycles. The van der Waals surface area contributed by atoms with Crippen molar-refractivity contribution in [3.8, 4) is 5.88 Å². The number of carbonyl (C=O) groups is 1. The molecule has 1 aromatic heterocycles. The molecule has 1 aliphatic rings. The van der Waals surface area contributed by atoms with Gasteiger partial charge in [-0.15, -0.1) is 0 Å². The molecule has 0 bridgehead atoms. The van der Waals surface area contributed by atoms with Crippen LogP contribution in [0.25, 0.3) is 0 Å². The lowest BCUT2D eigenvalue weighted by molar-refractivity contribution is -0.384. The average molecular weight is 467 g/mol. The number of amides is 1. The van der Waals surface area contributed by atoms with Crippen molar-refractivity contribution in [1.29, 1.82) is 0 Å². The van der Waals surface area contributed by atoms with Gasteiger partial charge in [0, 0.05) is 34.5 Å². The highest BCUT2D eigenvalue weighted by Crippen LogP contribution is 2.23. The van der Waals surface area contributed by atoms with E-state index in [1.165, 1.54) is 25.0 Å². The monoisotopic (exact) mass is 467 g/mol. The van der Waals surface area contributed by atoms with E-state index in [0.717, 1.165) is 18.4 Å². The molecular weight excluding hydrogens is 449 g/mol. The number of nitrogens with one attached hydrogen (secondary N) is 1. The summed E-state index contributed by atoms with van der Waals surface area (Å²) in [6, 6.07) is 7.89. The van der Waals surface area contributed by atoms with Crippen LogP contribution in [0, 0.1) is 13.7 Å². The zero-order chi connectivity index (χ0) is 18.5. The molecule has 1 heterocycles. The molecule has 1 amide bonds. The molecule has 1 N–H and O–H groups in total. The summed E-state index contributed by atoms with van der Waals surface area (Å²) in [5.41, 5.74) is 1.01. The molecule has 1 saturated carbocycles. The van der Waals surface area contributed by atoms with Crippen LogP contribution in [0.5, 0.6) is 5.88 Å². The molecule has 0 radical (unpaired) electrons. The van der Waals surface area contributed by atoms with Crippen molar-refractivity contribution < 1.29 is 14.5 Å². The van der Waals surface area contributed by atoms with E-state index in [1.54, 1.807) is 18.3 Å². The third kappa shape index (κ3) is 4.69. The van der Waals surface area contributed by atoms with E-state index in [-0.39, 0.29) is 29.8 Å². The van der Waals surface area contributed by atoms with Gasteiger partial charge in [0.05, 0.1) is 10.5 Å². The smallest absolute Gasteiger partial charge is 0.270 e. The first-order chi connectivity index (χ1) is 12.5. The quantitative estimate of drug-likeness (QED) is 0.396. The third-order valence-corrected chi connectivity index (χ3v) is 5.19. The normalized spacial score (nSPS) is 14.2. The summed E-state index contributed by atoms with van der Waals surface area (Å²) in [5.74, 6) is 0.240. The minimum atomic E-state index is -0.514. The zero-order valence-corrected chi connectivity index (χ0v) is 16.1. The second-order valence-electron chi connectivity index (χ2n) is 6.13. The Bertz CT molecular complexity index is 805.